The molecule has 2 heterocycles. The lowest BCUT2D eigenvalue weighted by atomic mass is 10.1. The first-order valence-corrected chi connectivity index (χ1v) is 10.9. The average Bonchev–Trinajstić information content (AvgIpc) is 2.90. The van der Waals surface area contributed by atoms with Gasteiger partial charge in [-0.2, -0.15) is 0 Å². The van der Waals surface area contributed by atoms with Gasteiger partial charge in [-0.1, -0.05) is 18.2 Å². The van der Waals surface area contributed by atoms with Gasteiger partial charge >= 0.3 is 5.97 Å². The number of thioether (sulfide) groups is 2. The lowest BCUT2D eigenvalue weighted by Gasteiger charge is -2.29. The van der Waals surface area contributed by atoms with E-state index in [4.69, 9.17) is 14.2 Å². The van der Waals surface area contributed by atoms with E-state index in [2.05, 4.69) is 0 Å². The van der Waals surface area contributed by atoms with Gasteiger partial charge in [0.25, 0.3) is 0 Å². The molecule has 6 heteroatoms. The minimum Gasteiger partial charge on any atom is -0.459 e. The van der Waals surface area contributed by atoms with E-state index >= 15 is 0 Å². The molecule has 138 valence electrons. The molecule has 1 aromatic rings. The molecule has 2 aliphatic heterocycles. The third kappa shape index (κ3) is 5.16. The summed E-state index contributed by atoms with van der Waals surface area (Å²) in [5.74, 6) is 1.47. The summed E-state index contributed by atoms with van der Waals surface area (Å²) in [6.45, 7) is 5.84. The van der Waals surface area contributed by atoms with Crippen molar-refractivity contribution in [1.29, 1.82) is 0 Å². The zero-order chi connectivity index (χ0) is 17.9. The number of benzene rings is 1. The second-order valence-electron chi connectivity index (χ2n) is 6.92. The van der Waals surface area contributed by atoms with Crippen molar-refractivity contribution in [3.63, 3.8) is 0 Å². The van der Waals surface area contributed by atoms with Crippen LogP contribution in [0.2, 0.25) is 0 Å². The van der Waals surface area contributed by atoms with Crippen LogP contribution in [-0.2, 0) is 14.2 Å². The molecule has 0 radical (unpaired) electrons. The Morgan fingerprint density at radius 1 is 1.24 bits per heavy atom. The summed E-state index contributed by atoms with van der Waals surface area (Å²) in [6.07, 6.45) is 1.64. The van der Waals surface area contributed by atoms with Crippen LogP contribution in [-0.4, -0.2) is 46.2 Å². The highest BCUT2D eigenvalue weighted by Gasteiger charge is 2.46. The van der Waals surface area contributed by atoms with Crippen molar-refractivity contribution >= 4 is 29.5 Å². The minimum atomic E-state index is -0.586. The first kappa shape index (κ1) is 19.1. The Labute approximate surface area is 158 Å². The first-order chi connectivity index (χ1) is 11.9. The molecule has 1 aromatic carbocycles. The lowest BCUT2D eigenvalue weighted by Crippen LogP contribution is -2.35. The van der Waals surface area contributed by atoms with Crippen LogP contribution in [0.25, 0.3) is 0 Å². The standard InChI is InChI=1S/C19H26O4S2/c1-13(21-17(20)14-8-5-4-6-9-14)12-15-16(23-19(2,3)22-15)18-24-10-7-11-25-18/h4-6,8-9,13,15-16,18H,7,10-12H2,1-3H3/t13-,15+,16-/m1/s1. The van der Waals surface area contributed by atoms with Gasteiger partial charge in [0.2, 0.25) is 0 Å². The maximum absolute atomic E-state index is 12.2. The van der Waals surface area contributed by atoms with Crippen molar-refractivity contribution in [1.82, 2.24) is 0 Å². The molecular formula is C19H26O4S2. The Balaban J connectivity index is 1.60. The second-order valence-corrected chi connectivity index (χ2v) is 9.72. The number of esters is 1. The fourth-order valence-corrected chi connectivity index (χ4v) is 6.24. The van der Waals surface area contributed by atoms with E-state index in [0.717, 1.165) is 0 Å². The van der Waals surface area contributed by atoms with Crippen LogP contribution < -0.4 is 0 Å². The zero-order valence-corrected chi connectivity index (χ0v) is 16.6. The molecule has 25 heavy (non-hydrogen) atoms. The Morgan fingerprint density at radius 2 is 1.92 bits per heavy atom. The summed E-state index contributed by atoms with van der Waals surface area (Å²) in [4.78, 5) is 12.2. The predicted octanol–water partition coefficient (Wildman–Crippen LogP) is 4.34. The minimum absolute atomic E-state index is 0.0307. The van der Waals surface area contributed by atoms with Crippen LogP contribution in [0, 0.1) is 0 Å². The average molecular weight is 383 g/mol. The van der Waals surface area contributed by atoms with Crippen LogP contribution in [0.15, 0.2) is 30.3 Å². The number of hydrogen-bond acceptors (Lipinski definition) is 6. The van der Waals surface area contributed by atoms with Gasteiger partial charge in [0, 0.05) is 6.42 Å². The molecule has 0 bridgehead atoms. The number of hydrogen-bond donors (Lipinski definition) is 0. The van der Waals surface area contributed by atoms with E-state index in [0.29, 0.717) is 16.6 Å². The lowest BCUT2D eigenvalue weighted by molar-refractivity contribution is -0.147. The van der Waals surface area contributed by atoms with Gasteiger partial charge in [0.15, 0.2) is 5.79 Å². The van der Waals surface area contributed by atoms with Crippen molar-refractivity contribution in [2.75, 3.05) is 11.5 Å². The summed E-state index contributed by atoms with van der Waals surface area (Å²) in [5, 5.41) is 0. The van der Waals surface area contributed by atoms with Crippen molar-refractivity contribution in [2.45, 2.75) is 62.3 Å². The van der Waals surface area contributed by atoms with Crippen LogP contribution in [0.1, 0.15) is 44.0 Å². The van der Waals surface area contributed by atoms with Crippen molar-refractivity contribution in [2.24, 2.45) is 0 Å². The molecule has 0 aliphatic carbocycles. The highest BCUT2D eigenvalue weighted by molar-refractivity contribution is 8.17. The van der Waals surface area contributed by atoms with Crippen LogP contribution in [0.5, 0.6) is 0 Å². The van der Waals surface area contributed by atoms with Crippen LogP contribution in [0.4, 0.5) is 0 Å². The number of carbonyl (C=O) groups excluding carboxylic acids is 1. The second kappa shape index (κ2) is 8.33. The number of carbonyl (C=O) groups is 1. The molecule has 2 saturated heterocycles. The first-order valence-electron chi connectivity index (χ1n) is 8.79. The van der Waals surface area contributed by atoms with E-state index in [1.807, 2.05) is 62.5 Å². The summed E-state index contributed by atoms with van der Waals surface area (Å²) in [5.41, 5.74) is 0.577. The van der Waals surface area contributed by atoms with Gasteiger partial charge in [-0.25, -0.2) is 4.79 Å². The smallest absolute Gasteiger partial charge is 0.338 e. The Bertz CT molecular complexity index is 572. The molecule has 3 atom stereocenters. The largest absolute Gasteiger partial charge is 0.459 e. The maximum atomic E-state index is 12.2. The third-order valence-electron chi connectivity index (χ3n) is 4.22. The quantitative estimate of drug-likeness (QED) is 0.706. The van der Waals surface area contributed by atoms with Gasteiger partial charge < -0.3 is 14.2 Å². The van der Waals surface area contributed by atoms with Gasteiger partial charge in [0.05, 0.1) is 16.2 Å². The van der Waals surface area contributed by atoms with Gasteiger partial charge in [-0.05, 0) is 50.8 Å². The Hall–Kier alpha value is -0.690. The molecule has 2 aliphatic rings. The molecule has 3 rings (SSSR count). The fourth-order valence-electron chi connectivity index (χ4n) is 3.17. The molecule has 0 N–H and O–H groups in total. The topological polar surface area (TPSA) is 44.8 Å². The number of rotatable bonds is 5. The van der Waals surface area contributed by atoms with Crippen molar-refractivity contribution in [3.8, 4) is 0 Å². The van der Waals surface area contributed by atoms with Gasteiger partial charge in [-0.3, -0.25) is 0 Å². The molecular weight excluding hydrogens is 356 g/mol. The molecule has 0 aromatic heterocycles. The molecule has 2 fully saturated rings. The van der Waals surface area contributed by atoms with E-state index < -0.39 is 5.79 Å². The molecule has 0 unspecified atom stereocenters. The summed E-state index contributed by atoms with van der Waals surface area (Å²) in [6, 6.07) is 9.10. The van der Waals surface area contributed by atoms with Gasteiger partial charge in [0.1, 0.15) is 12.2 Å². The van der Waals surface area contributed by atoms with Gasteiger partial charge in [-0.15, -0.1) is 23.5 Å². The fraction of sp³-hybridized carbons (Fsp3) is 0.632. The zero-order valence-electron chi connectivity index (χ0n) is 15.0. The summed E-state index contributed by atoms with van der Waals surface area (Å²) in [7, 11) is 0. The molecule has 0 amide bonds. The Morgan fingerprint density at radius 3 is 2.60 bits per heavy atom. The van der Waals surface area contributed by atoms with E-state index in [9.17, 15) is 4.79 Å². The summed E-state index contributed by atoms with van der Waals surface area (Å²) < 4.78 is 18.3. The van der Waals surface area contributed by atoms with Crippen molar-refractivity contribution < 1.29 is 19.0 Å². The SMILES string of the molecule is C[C@H](C[C@@H]1OC(C)(C)O[C@H]1C1SCCCS1)OC(=O)c1ccccc1. The monoisotopic (exact) mass is 382 g/mol. The highest BCUT2D eigenvalue weighted by atomic mass is 32.2. The van der Waals surface area contributed by atoms with E-state index in [-0.39, 0.29) is 24.3 Å². The van der Waals surface area contributed by atoms with E-state index in [1.165, 1.54) is 17.9 Å². The van der Waals surface area contributed by atoms with Crippen LogP contribution in [0.3, 0.4) is 0 Å². The normalized spacial score (nSPS) is 27.8. The molecule has 0 saturated carbocycles. The predicted molar refractivity (Wildman–Crippen MR) is 103 cm³/mol. The Kier molecular flexibility index (Phi) is 6.36. The summed E-state index contributed by atoms with van der Waals surface area (Å²) >= 11 is 3.91. The number of ether oxygens (including phenoxy) is 3. The highest BCUT2D eigenvalue weighted by Crippen LogP contribution is 2.42. The van der Waals surface area contributed by atoms with Crippen LogP contribution >= 0.6 is 23.5 Å². The van der Waals surface area contributed by atoms with E-state index in [1.54, 1.807) is 12.1 Å². The third-order valence-corrected chi connectivity index (χ3v) is 7.28. The van der Waals surface area contributed by atoms with Crippen molar-refractivity contribution in [3.05, 3.63) is 35.9 Å². The molecule has 0 spiro atoms. The maximum Gasteiger partial charge on any atom is 0.338 e. The molecule has 4 nitrogen and oxygen atoms in total.